The van der Waals surface area contributed by atoms with E-state index in [2.05, 4.69) is 20.7 Å². The van der Waals surface area contributed by atoms with Crippen molar-refractivity contribution in [3.05, 3.63) is 41.1 Å². The summed E-state index contributed by atoms with van der Waals surface area (Å²) >= 11 is 5.65. The third-order valence-electron chi connectivity index (χ3n) is 2.93. The number of rotatable bonds is 2. The molecule has 0 unspecified atom stereocenters. The average Bonchev–Trinajstić information content (AvgIpc) is 2.76. The van der Waals surface area contributed by atoms with Crippen LogP contribution in [0.2, 0.25) is 5.28 Å². The Bertz CT molecular complexity index is 634. The minimum absolute atomic E-state index is 0.00356. The van der Waals surface area contributed by atoms with Gasteiger partial charge in [0.1, 0.15) is 0 Å². The second-order valence-corrected chi connectivity index (χ2v) is 4.54. The van der Waals surface area contributed by atoms with E-state index in [-0.39, 0.29) is 11.1 Å². The molecule has 2 heterocycles. The molecule has 0 atom stereocenters. The molecule has 0 spiro atoms. The summed E-state index contributed by atoms with van der Waals surface area (Å²) in [5.74, 6) is -0.482. The van der Waals surface area contributed by atoms with Gasteiger partial charge in [-0.2, -0.15) is 4.98 Å². The highest BCUT2D eigenvalue weighted by Crippen LogP contribution is 2.29. The lowest BCUT2D eigenvalue weighted by atomic mass is 10.1. The Balaban J connectivity index is 1.92. The maximum absolute atomic E-state index is 13.5. The summed E-state index contributed by atoms with van der Waals surface area (Å²) in [4.78, 5) is 7.39. The quantitative estimate of drug-likeness (QED) is 0.827. The molecule has 0 fully saturated rings. The normalized spacial score (nSPS) is 13.5. The fourth-order valence-corrected chi connectivity index (χ4v) is 2.10. The molecule has 0 bridgehead atoms. The fraction of sp³-hybridized carbons (Fsp3) is 0.167. The van der Waals surface area contributed by atoms with Crippen molar-refractivity contribution in [2.24, 2.45) is 0 Å². The van der Waals surface area contributed by atoms with Gasteiger partial charge in [-0.1, -0.05) is 6.07 Å². The number of aromatic nitrogens is 2. The first-order chi connectivity index (χ1) is 9.13. The summed E-state index contributed by atoms with van der Waals surface area (Å²) in [7, 11) is 1.93. The molecule has 0 amide bonds. The average molecular weight is 280 g/mol. The highest BCUT2D eigenvalue weighted by atomic mass is 35.5. The Morgan fingerprint density at radius 3 is 3.16 bits per heavy atom. The van der Waals surface area contributed by atoms with E-state index in [0.29, 0.717) is 0 Å². The van der Waals surface area contributed by atoms with E-state index in [1.807, 2.05) is 30.3 Å². The molecular weight excluding hydrogens is 269 g/mol. The van der Waals surface area contributed by atoms with Crippen LogP contribution in [0.25, 0.3) is 0 Å². The molecule has 19 heavy (non-hydrogen) atoms. The van der Waals surface area contributed by atoms with E-state index in [9.17, 15) is 4.39 Å². The lowest BCUT2D eigenvalue weighted by molar-refractivity contribution is 0.619. The van der Waals surface area contributed by atoms with Crippen LogP contribution in [0.4, 0.5) is 21.6 Å². The van der Waals surface area contributed by atoms with Crippen LogP contribution in [0.1, 0.15) is 5.56 Å². The van der Waals surface area contributed by atoms with Gasteiger partial charge >= 0.3 is 0 Å². The van der Waals surface area contributed by atoms with Crippen molar-refractivity contribution in [2.45, 2.75) is 6.54 Å². The molecule has 5 nitrogen and oxygen atoms in total. The summed E-state index contributed by atoms with van der Waals surface area (Å²) in [6.07, 6.45) is 1.04. The maximum atomic E-state index is 13.5. The SMILES string of the molecule is CN1NCc2ccc(Nc3nc(Cl)ncc3F)cc21. The van der Waals surface area contributed by atoms with Crippen molar-refractivity contribution in [3.8, 4) is 0 Å². The van der Waals surface area contributed by atoms with Gasteiger partial charge in [-0.3, -0.25) is 0 Å². The molecule has 1 aliphatic heterocycles. The predicted octanol–water partition coefficient (Wildman–Crippen LogP) is 2.47. The van der Waals surface area contributed by atoms with E-state index in [0.717, 1.165) is 24.1 Å². The molecule has 7 heteroatoms. The van der Waals surface area contributed by atoms with Gasteiger partial charge in [0.05, 0.1) is 11.9 Å². The number of nitrogens with one attached hydrogen (secondary N) is 2. The molecule has 0 aliphatic carbocycles. The van der Waals surface area contributed by atoms with Gasteiger partial charge in [-0.05, 0) is 29.3 Å². The molecule has 1 aromatic heterocycles. The van der Waals surface area contributed by atoms with E-state index >= 15 is 0 Å². The minimum Gasteiger partial charge on any atom is -0.338 e. The van der Waals surface area contributed by atoms with Gasteiger partial charge in [0.25, 0.3) is 0 Å². The summed E-state index contributed by atoms with van der Waals surface area (Å²) in [6.45, 7) is 0.791. The zero-order valence-corrected chi connectivity index (χ0v) is 10.9. The molecular formula is C12H11ClFN5. The number of anilines is 3. The lowest BCUT2D eigenvalue weighted by Crippen LogP contribution is -2.26. The third kappa shape index (κ3) is 2.32. The van der Waals surface area contributed by atoms with Crippen LogP contribution in [-0.2, 0) is 6.54 Å². The first-order valence-corrected chi connectivity index (χ1v) is 6.06. The van der Waals surface area contributed by atoms with Crippen LogP contribution >= 0.6 is 11.6 Å². The number of halogens is 2. The fourth-order valence-electron chi connectivity index (χ4n) is 1.96. The summed E-state index contributed by atoms with van der Waals surface area (Å²) in [6, 6.07) is 5.77. The van der Waals surface area contributed by atoms with Crippen molar-refractivity contribution >= 4 is 28.8 Å². The van der Waals surface area contributed by atoms with Crippen molar-refractivity contribution < 1.29 is 4.39 Å². The number of fused-ring (bicyclic) bond motifs is 1. The molecule has 98 valence electrons. The highest BCUT2D eigenvalue weighted by Gasteiger charge is 2.15. The van der Waals surface area contributed by atoms with Gasteiger partial charge in [-0.25, -0.2) is 14.8 Å². The van der Waals surface area contributed by atoms with E-state index in [1.165, 1.54) is 5.56 Å². The highest BCUT2D eigenvalue weighted by molar-refractivity contribution is 6.28. The molecule has 2 N–H and O–H groups in total. The van der Waals surface area contributed by atoms with Crippen molar-refractivity contribution in [2.75, 3.05) is 17.4 Å². The van der Waals surface area contributed by atoms with Gasteiger partial charge in [-0.15, -0.1) is 0 Å². The van der Waals surface area contributed by atoms with Crippen molar-refractivity contribution in [1.29, 1.82) is 0 Å². The molecule has 0 saturated heterocycles. The topological polar surface area (TPSA) is 53.1 Å². The lowest BCUT2D eigenvalue weighted by Gasteiger charge is -2.13. The second-order valence-electron chi connectivity index (χ2n) is 4.20. The standard InChI is InChI=1S/C12H11ClFN5/c1-19-10-4-8(3-2-7(10)5-16-19)17-11-9(14)6-15-12(13)18-11/h2-4,6,16H,5H2,1H3,(H,15,17,18). The number of nitrogens with zero attached hydrogens (tertiary/aromatic N) is 3. The van der Waals surface area contributed by atoms with Crippen LogP contribution in [0, 0.1) is 5.82 Å². The van der Waals surface area contributed by atoms with Gasteiger partial charge in [0, 0.05) is 19.3 Å². The van der Waals surface area contributed by atoms with E-state index in [1.54, 1.807) is 0 Å². The van der Waals surface area contributed by atoms with Crippen LogP contribution in [0.5, 0.6) is 0 Å². The van der Waals surface area contributed by atoms with Gasteiger partial charge in [0.2, 0.25) is 5.28 Å². The zero-order chi connectivity index (χ0) is 13.4. The van der Waals surface area contributed by atoms with Crippen LogP contribution in [-0.4, -0.2) is 17.0 Å². The Morgan fingerprint density at radius 2 is 2.32 bits per heavy atom. The maximum Gasteiger partial charge on any atom is 0.224 e. The Morgan fingerprint density at radius 1 is 1.47 bits per heavy atom. The molecule has 0 radical (unpaired) electrons. The van der Waals surface area contributed by atoms with Gasteiger partial charge < -0.3 is 10.3 Å². The Hall–Kier alpha value is -1.92. The van der Waals surface area contributed by atoms with Crippen molar-refractivity contribution in [3.63, 3.8) is 0 Å². The number of hydrogen-bond donors (Lipinski definition) is 2. The first kappa shape index (κ1) is 12.1. The Labute approximate surface area is 114 Å². The number of hydrazine groups is 1. The molecule has 1 aromatic carbocycles. The first-order valence-electron chi connectivity index (χ1n) is 5.69. The smallest absolute Gasteiger partial charge is 0.224 e. The number of benzene rings is 1. The van der Waals surface area contributed by atoms with Crippen LogP contribution < -0.4 is 15.8 Å². The van der Waals surface area contributed by atoms with Crippen LogP contribution in [0.3, 0.4) is 0 Å². The summed E-state index contributed by atoms with van der Waals surface area (Å²) in [5, 5.41) is 4.82. The second kappa shape index (κ2) is 4.64. The number of hydrogen-bond acceptors (Lipinski definition) is 5. The summed E-state index contributed by atoms with van der Waals surface area (Å²) in [5.41, 5.74) is 6.16. The summed E-state index contributed by atoms with van der Waals surface area (Å²) < 4.78 is 13.5. The molecule has 0 saturated carbocycles. The van der Waals surface area contributed by atoms with E-state index in [4.69, 9.17) is 11.6 Å². The zero-order valence-electron chi connectivity index (χ0n) is 10.1. The Kier molecular flexibility index (Phi) is 2.96. The molecule has 3 rings (SSSR count). The largest absolute Gasteiger partial charge is 0.338 e. The predicted molar refractivity (Wildman–Crippen MR) is 72.0 cm³/mol. The van der Waals surface area contributed by atoms with Crippen molar-refractivity contribution in [1.82, 2.24) is 15.4 Å². The monoisotopic (exact) mass is 279 g/mol. The third-order valence-corrected chi connectivity index (χ3v) is 3.11. The minimum atomic E-state index is -0.545. The van der Waals surface area contributed by atoms with E-state index < -0.39 is 5.82 Å². The molecule has 2 aromatic rings. The van der Waals surface area contributed by atoms with Gasteiger partial charge in [0.15, 0.2) is 11.6 Å². The molecule has 1 aliphatic rings. The van der Waals surface area contributed by atoms with Crippen LogP contribution in [0.15, 0.2) is 24.4 Å².